The molecule has 1 aromatic carbocycles. The lowest BCUT2D eigenvalue weighted by Crippen LogP contribution is -2.16. The quantitative estimate of drug-likeness (QED) is 0.359. The Morgan fingerprint density at radius 1 is 1.41 bits per heavy atom. The van der Waals surface area contributed by atoms with E-state index in [1.54, 1.807) is 31.2 Å². The van der Waals surface area contributed by atoms with Crippen LogP contribution in [0.1, 0.15) is 12.5 Å². The van der Waals surface area contributed by atoms with Gasteiger partial charge in [-0.1, -0.05) is 6.58 Å². The van der Waals surface area contributed by atoms with Gasteiger partial charge in [0, 0.05) is 11.3 Å². The van der Waals surface area contributed by atoms with E-state index in [1.807, 2.05) is 0 Å². The van der Waals surface area contributed by atoms with E-state index in [1.165, 1.54) is 0 Å². The molecule has 0 fully saturated rings. The Morgan fingerprint density at radius 2 is 2.00 bits per heavy atom. The van der Waals surface area contributed by atoms with Gasteiger partial charge in [0.2, 0.25) is 0 Å². The number of nitrogens with two attached hydrogens (primary N) is 2. The highest BCUT2D eigenvalue weighted by atomic mass is 16.5. The highest BCUT2D eigenvalue weighted by molar-refractivity contribution is 6.02. The summed E-state index contributed by atoms with van der Waals surface area (Å²) in [5.41, 5.74) is 13.1. The van der Waals surface area contributed by atoms with Crippen molar-refractivity contribution in [1.29, 1.82) is 0 Å². The van der Waals surface area contributed by atoms with Gasteiger partial charge in [-0.05, 0) is 36.8 Å². The summed E-state index contributed by atoms with van der Waals surface area (Å²) in [5.74, 6) is 0.0942. The maximum absolute atomic E-state index is 11.2. The van der Waals surface area contributed by atoms with E-state index >= 15 is 0 Å². The highest BCUT2D eigenvalue weighted by Crippen LogP contribution is 2.05. The molecule has 0 aliphatic heterocycles. The highest BCUT2D eigenvalue weighted by Gasteiger charge is 2.03. The lowest BCUT2D eigenvalue weighted by atomic mass is 10.2. The van der Waals surface area contributed by atoms with Crippen molar-refractivity contribution < 1.29 is 9.53 Å². The van der Waals surface area contributed by atoms with E-state index in [9.17, 15) is 4.79 Å². The second-order valence-corrected chi connectivity index (χ2v) is 3.63. The molecule has 0 saturated heterocycles. The van der Waals surface area contributed by atoms with Crippen LogP contribution in [0.2, 0.25) is 0 Å². The number of nitrogen functional groups attached to an aromatic ring is 1. The van der Waals surface area contributed by atoms with Crippen LogP contribution >= 0.6 is 0 Å². The molecule has 90 valence electrons. The summed E-state index contributed by atoms with van der Waals surface area (Å²) in [6.07, 6.45) is -0.734. The second-order valence-electron chi connectivity index (χ2n) is 3.63. The molecule has 1 rings (SSSR count). The van der Waals surface area contributed by atoms with Crippen molar-refractivity contribution in [3.8, 4) is 0 Å². The molecule has 0 spiro atoms. The number of anilines is 1. The average molecular weight is 233 g/mol. The molecule has 0 heterocycles. The number of benzene rings is 1. The van der Waals surface area contributed by atoms with Gasteiger partial charge in [-0.2, -0.15) is 4.99 Å². The first-order valence-electron chi connectivity index (χ1n) is 5.00. The lowest BCUT2D eigenvalue weighted by Gasteiger charge is -2.02. The molecule has 0 radical (unpaired) electrons. The number of hydrogen-bond donors (Lipinski definition) is 2. The molecular formula is C12H15N3O2. The van der Waals surface area contributed by atoms with E-state index in [0.717, 1.165) is 5.57 Å². The van der Waals surface area contributed by atoms with Crippen LogP contribution in [0.15, 0.2) is 41.4 Å². The van der Waals surface area contributed by atoms with Crippen LogP contribution in [0.3, 0.4) is 0 Å². The molecule has 0 aromatic heterocycles. The van der Waals surface area contributed by atoms with E-state index < -0.39 is 6.09 Å². The van der Waals surface area contributed by atoms with Crippen LogP contribution in [0.5, 0.6) is 0 Å². The zero-order valence-corrected chi connectivity index (χ0v) is 9.64. The normalized spacial score (nSPS) is 11.0. The lowest BCUT2D eigenvalue weighted by molar-refractivity contribution is 0.167. The summed E-state index contributed by atoms with van der Waals surface area (Å²) in [4.78, 5) is 14.8. The standard InChI is InChI=1S/C12H15N3O2/c1-8(2)7-17-12(16)15-11(14)9-3-5-10(13)6-4-9/h3-6H,1,7,13H2,2H3,(H2,14,15,16). The Labute approximate surface area is 99.8 Å². The molecule has 5 heteroatoms. The SMILES string of the molecule is C=C(C)COC(=O)N=C(N)c1ccc(N)cc1. The van der Waals surface area contributed by atoms with Crippen LogP contribution < -0.4 is 11.5 Å². The topological polar surface area (TPSA) is 90.7 Å². The van der Waals surface area contributed by atoms with E-state index in [0.29, 0.717) is 11.3 Å². The van der Waals surface area contributed by atoms with E-state index in [-0.39, 0.29) is 12.4 Å². The van der Waals surface area contributed by atoms with Crippen LogP contribution in [0.25, 0.3) is 0 Å². The zero-order chi connectivity index (χ0) is 12.8. The third-order valence-corrected chi connectivity index (χ3v) is 1.86. The number of amidine groups is 1. The Balaban J connectivity index is 2.68. The fraction of sp³-hybridized carbons (Fsp3) is 0.167. The number of nitrogens with zero attached hydrogens (tertiary/aromatic N) is 1. The maximum Gasteiger partial charge on any atom is 0.435 e. The summed E-state index contributed by atoms with van der Waals surface area (Å²) in [5, 5.41) is 0. The molecule has 4 N–H and O–H groups in total. The molecule has 0 aliphatic carbocycles. The van der Waals surface area contributed by atoms with E-state index in [4.69, 9.17) is 16.2 Å². The number of ether oxygens (including phenoxy) is 1. The zero-order valence-electron chi connectivity index (χ0n) is 9.64. The molecule has 5 nitrogen and oxygen atoms in total. The largest absolute Gasteiger partial charge is 0.443 e. The molecule has 0 atom stereocenters. The molecule has 0 saturated carbocycles. The molecule has 1 amide bonds. The summed E-state index contributed by atoms with van der Waals surface area (Å²) in [6, 6.07) is 6.72. The Hall–Kier alpha value is -2.30. The van der Waals surface area contributed by atoms with Crippen molar-refractivity contribution in [2.75, 3.05) is 12.3 Å². The minimum absolute atomic E-state index is 0.0942. The van der Waals surface area contributed by atoms with Gasteiger partial charge in [-0.3, -0.25) is 0 Å². The van der Waals surface area contributed by atoms with Gasteiger partial charge in [-0.15, -0.1) is 0 Å². The first kappa shape index (κ1) is 12.8. The van der Waals surface area contributed by atoms with Crippen LogP contribution in [-0.2, 0) is 4.74 Å². The number of carbonyl (C=O) groups excluding carboxylic acids is 1. The summed E-state index contributed by atoms with van der Waals surface area (Å²) < 4.78 is 4.79. The minimum Gasteiger partial charge on any atom is -0.443 e. The predicted octanol–water partition coefficient (Wildman–Crippen LogP) is 1.69. The van der Waals surface area contributed by atoms with Crippen LogP contribution in [-0.4, -0.2) is 18.5 Å². The first-order chi connectivity index (χ1) is 7.99. The monoisotopic (exact) mass is 233 g/mol. The van der Waals surface area contributed by atoms with Gasteiger partial charge < -0.3 is 16.2 Å². The smallest absolute Gasteiger partial charge is 0.435 e. The second kappa shape index (κ2) is 5.69. The van der Waals surface area contributed by atoms with Gasteiger partial charge in [0.25, 0.3) is 0 Å². The molecule has 0 bridgehead atoms. The van der Waals surface area contributed by atoms with Gasteiger partial charge in [0.05, 0.1) is 0 Å². The van der Waals surface area contributed by atoms with Crippen molar-refractivity contribution in [3.63, 3.8) is 0 Å². The van der Waals surface area contributed by atoms with Gasteiger partial charge in [0.1, 0.15) is 12.4 Å². The fourth-order valence-electron chi connectivity index (χ4n) is 1.03. The Kier molecular flexibility index (Phi) is 4.28. The molecule has 1 aromatic rings. The molecular weight excluding hydrogens is 218 g/mol. The number of amides is 1. The molecule has 17 heavy (non-hydrogen) atoms. The van der Waals surface area contributed by atoms with Crippen molar-refractivity contribution in [2.24, 2.45) is 10.7 Å². The van der Waals surface area contributed by atoms with Crippen molar-refractivity contribution in [1.82, 2.24) is 0 Å². The van der Waals surface area contributed by atoms with Crippen LogP contribution in [0.4, 0.5) is 10.5 Å². The summed E-state index contributed by atoms with van der Waals surface area (Å²) >= 11 is 0. The number of carbonyl (C=O) groups is 1. The van der Waals surface area contributed by atoms with Crippen molar-refractivity contribution in [3.05, 3.63) is 42.0 Å². The summed E-state index contributed by atoms with van der Waals surface area (Å²) in [7, 11) is 0. The predicted molar refractivity (Wildman–Crippen MR) is 67.7 cm³/mol. The summed E-state index contributed by atoms with van der Waals surface area (Å²) in [6.45, 7) is 5.49. The average Bonchev–Trinajstić information content (AvgIpc) is 2.27. The van der Waals surface area contributed by atoms with E-state index in [2.05, 4.69) is 11.6 Å². The van der Waals surface area contributed by atoms with Crippen LogP contribution in [0, 0.1) is 0 Å². The van der Waals surface area contributed by atoms with Gasteiger partial charge in [0.15, 0.2) is 0 Å². The fourth-order valence-corrected chi connectivity index (χ4v) is 1.03. The minimum atomic E-state index is -0.734. The number of aliphatic imine (C=N–C) groups is 1. The Bertz CT molecular complexity index is 449. The number of rotatable bonds is 3. The maximum atomic E-state index is 11.2. The molecule has 0 aliphatic rings. The van der Waals surface area contributed by atoms with Gasteiger partial charge >= 0.3 is 6.09 Å². The third-order valence-electron chi connectivity index (χ3n) is 1.86. The first-order valence-corrected chi connectivity index (χ1v) is 5.00. The third kappa shape index (κ3) is 4.38. The van der Waals surface area contributed by atoms with Crippen molar-refractivity contribution in [2.45, 2.75) is 6.92 Å². The number of hydrogen-bond acceptors (Lipinski definition) is 3. The Morgan fingerprint density at radius 3 is 2.53 bits per heavy atom. The molecule has 0 unspecified atom stereocenters. The van der Waals surface area contributed by atoms with Crippen molar-refractivity contribution >= 4 is 17.6 Å². The van der Waals surface area contributed by atoms with Gasteiger partial charge in [-0.25, -0.2) is 4.79 Å².